The predicted molar refractivity (Wildman–Crippen MR) is 103 cm³/mol. The van der Waals surface area contributed by atoms with Crippen molar-refractivity contribution in [2.75, 3.05) is 5.73 Å². The molecule has 0 radical (unpaired) electrons. The average molecular weight is 359 g/mol. The summed E-state index contributed by atoms with van der Waals surface area (Å²) < 4.78 is 5.31. The van der Waals surface area contributed by atoms with Crippen LogP contribution in [0.15, 0.2) is 64.5 Å². The summed E-state index contributed by atoms with van der Waals surface area (Å²) in [7, 11) is 0. The molecule has 2 aromatic carbocycles. The van der Waals surface area contributed by atoms with Crippen molar-refractivity contribution in [2.24, 2.45) is 0 Å². The van der Waals surface area contributed by atoms with E-state index in [-0.39, 0.29) is 6.01 Å². The zero-order valence-electron chi connectivity index (χ0n) is 13.5. The number of nitrogens with two attached hydrogens (primary N) is 1. The van der Waals surface area contributed by atoms with Gasteiger partial charge >= 0.3 is 6.01 Å². The van der Waals surface area contributed by atoms with E-state index in [9.17, 15) is 0 Å². The second kappa shape index (κ2) is 5.82. The quantitative estimate of drug-likeness (QED) is 0.491. The SMILES string of the molecule is Nc1nnc(-c2cccc(-c3nc(-c4c[nH]c5ccccc45)cs3)c2)o1. The summed E-state index contributed by atoms with van der Waals surface area (Å²) in [4.78, 5) is 8.11. The highest BCUT2D eigenvalue weighted by atomic mass is 32.1. The molecule has 5 aromatic rings. The molecule has 0 aliphatic rings. The van der Waals surface area contributed by atoms with Crippen LogP contribution in [0.4, 0.5) is 6.01 Å². The molecule has 6 nitrogen and oxygen atoms in total. The Kier molecular flexibility index (Phi) is 3.32. The molecule has 26 heavy (non-hydrogen) atoms. The van der Waals surface area contributed by atoms with Crippen LogP contribution in [0, 0.1) is 0 Å². The fourth-order valence-corrected chi connectivity index (χ4v) is 3.77. The van der Waals surface area contributed by atoms with Gasteiger partial charge < -0.3 is 15.1 Å². The maximum absolute atomic E-state index is 5.51. The minimum Gasteiger partial charge on any atom is -0.404 e. The summed E-state index contributed by atoms with van der Waals surface area (Å²) in [5.74, 6) is 0.401. The van der Waals surface area contributed by atoms with Gasteiger partial charge in [0.25, 0.3) is 0 Å². The Balaban J connectivity index is 1.54. The lowest BCUT2D eigenvalue weighted by atomic mass is 10.1. The van der Waals surface area contributed by atoms with E-state index in [1.54, 1.807) is 11.3 Å². The first-order valence-electron chi connectivity index (χ1n) is 8.00. The molecule has 0 aliphatic carbocycles. The Morgan fingerprint density at radius 3 is 2.77 bits per heavy atom. The number of aromatic amines is 1. The van der Waals surface area contributed by atoms with E-state index in [0.29, 0.717) is 5.89 Å². The van der Waals surface area contributed by atoms with Crippen molar-refractivity contribution in [3.8, 4) is 33.3 Å². The molecule has 7 heteroatoms. The monoisotopic (exact) mass is 359 g/mol. The van der Waals surface area contributed by atoms with Crippen LogP contribution in [0.5, 0.6) is 0 Å². The van der Waals surface area contributed by atoms with E-state index in [2.05, 4.69) is 32.7 Å². The van der Waals surface area contributed by atoms with Gasteiger partial charge in [0, 0.05) is 39.2 Å². The fourth-order valence-electron chi connectivity index (χ4n) is 2.95. The lowest BCUT2D eigenvalue weighted by molar-refractivity contribution is 0.590. The molecule has 0 fully saturated rings. The van der Waals surface area contributed by atoms with Crippen LogP contribution in [-0.2, 0) is 0 Å². The fraction of sp³-hybridized carbons (Fsp3) is 0. The van der Waals surface area contributed by atoms with Crippen LogP contribution >= 0.6 is 11.3 Å². The first-order valence-corrected chi connectivity index (χ1v) is 8.88. The van der Waals surface area contributed by atoms with Gasteiger partial charge in [-0.05, 0) is 18.2 Å². The molecule has 0 spiro atoms. The van der Waals surface area contributed by atoms with Crippen molar-refractivity contribution in [1.29, 1.82) is 0 Å². The summed E-state index contributed by atoms with van der Waals surface area (Å²) in [6.07, 6.45) is 2.00. The Hall–Kier alpha value is -3.45. The molecule has 0 amide bonds. The predicted octanol–water partition coefficient (Wildman–Crippen LogP) is 4.59. The van der Waals surface area contributed by atoms with Gasteiger partial charge in [0.2, 0.25) is 5.89 Å². The highest BCUT2D eigenvalue weighted by Crippen LogP contribution is 2.34. The highest BCUT2D eigenvalue weighted by Gasteiger charge is 2.12. The van der Waals surface area contributed by atoms with Gasteiger partial charge in [-0.15, -0.1) is 16.4 Å². The first kappa shape index (κ1) is 14.9. The summed E-state index contributed by atoms with van der Waals surface area (Å²) in [6.45, 7) is 0. The number of aromatic nitrogens is 4. The third kappa shape index (κ3) is 2.46. The number of hydrogen-bond donors (Lipinski definition) is 2. The number of anilines is 1. The van der Waals surface area contributed by atoms with Crippen LogP contribution in [-0.4, -0.2) is 20.2 Å². The summed E-state index contributed by atoms with van der Waals surface area (Å²) in [6, 6.07) is 16.1. The Labute approximate surface area is 152 Å². The molecule has 0 aliphatic heterocycles. The number of benzene rings is 2. The lowest BCUT2D eigenvalue weighted by Gasteiger charge is -1.99. The van der Waals surface area contributed by atoms with E-state index < -0.39 is 0 Å². The van der Waals surface area contributed by atoms with Crippen LogP contribution in [0.3, 0.4) is 0 Å². The van der Waals surface area contributed by atoms with Crippen molar-refractivity contribution in [2.45, 2.75) is 0 Å². The van der Waals surface area contributed by atoms with E-state index in [0.717, 1.165) is 32.9 Å². The number of nitrogens with zero attached hydrogens (tertiary/aromatic N) is 3. The van der Waals surface area contributed by atoms with Crippen molar-refractivity contribution < 1.29 is 4.42 Å². The minimum atomic E-state index is 0.0567. The molecular weight excluding hydrogens is 346 g/mol. The number of hydrogen-bond acceptors (Lipinski definition) is 6. The Morgan fingerprint density at radius 2 is 1.88 bits per heavy atom. The highest BCUT2D eigenvalue weighted by molar-refractivity contribution is 7.13. The summed E-state index contributed by atoms with van der Waals surface area (Å²) in [5.41, 5.74) is 10.5. The van der Waals surface area contributed by atoms with Gasteiger partial charge in [0.1, 0.15) is 5.01 Å². The van der Waals surface area contributed by atoms with Crippen molar-refractivity contribution in [3.63, 3.8) is 0 Å². The second-order valence-electron chi connectivity index (χ2n) is 5.81. The Morgan fingerprint density at radius 1 is 1.00 bits per heavy atom. The lowest BCUT2D eigenvalue weighted by Crippen LogP contribution is -1.82. The molecule has 3 N–H and O–H groups in total. The third-order valence-corrected chi connectivity index (χ3v) is 5.06. The van der Waals surface area contributed by atoms with Gasteiger partial charge in [0.15, 0.2) is 0 Å². The standard InChI is InChI=1S/C19H13N5OS/c20-19-24-23-17(25-19)11-4-3-5-12(8-11)18-22-16(10-26-18)14-9-21-15-7-2-1-6-13(14)15/h1-10,21H,(H2,20,24). The van der Waals surface area contributed by atoms with Gasteiger partial charge in [-0.3, -0.25) is 0 Å². The number of rotatable bonds is 3. The normalized spacial score (nSPS) is 11.2. The molecule has 0 saturated carbocycles. The zero-order chi connectivity index (χ0) is 17.5. The molecule has 0 bridgehead atoms. The molecular formula is C19H13N5OS. The molecule has 126 valence electrons. The van der Waals surface area contributed by atoms with Crippen LogP contribution < -0.4 is 5.73 Å². The smallest absolute Gasteiger partial charge is 0.313 e. The van der Waals surface area contributed by atoms with Gasteiger partial charge in [-0.1, -0.05) is 35.4 Å². The van der Waals surface area contributed by atoms with E-state index in [4.69, 9.17) is 15.1 Å². The first-order chi connectivity index (χ1) is 12.8. The van der Waals surface area contributed by atoms with Crippen LogP contribution in [0.1, 0.15) is 0 Å². The van der Waals surface area contributed by atoms with Crippen LogP contribution in [0.2, 0.25) is 0 Å². The van der Waals surface area contributed by atoms with Crippen molar-refractivity contribution in [1.82, 2.24) is 20.2 Å². The molecule has 0 atom stereocenters. The topological polar surface area (TPSA) is 93.6 Å². The third-order valence-electron chi connectivity index (χ3n) is 4.17. The number of nitrogen functional groups attached to an aromatic ring is 1. The number of nitrogens with one attached hydrogen (secondary N) is 1. The largest absolute Gasteiger partial charge is 0.404 e. The van der Waals surface area contributed by atoms with Gasteiger partial charge in [0.05, 0.1) is 5.69 Å². The molecule has 3 aromatic heterocycles. The van der Waals surface area contributed by atoms with E-state index >= 15 is 0 Å². The van der Waals surface area contributed by atoms with Crippen LogP contribution in [0.25, 0.3) is 44.2 Å². The second-order valence-corrected chi connectivity index (χ2v) is 6.67. The number of thiazole rings is 1. The number of fused-ring (bicyclic) bond motifs is 1. The van der Waals surface area contributed by atoms with Gasteiger partial charge in [-0.2, -0.15) is 0 Å². The maximum atomic E-state index is 5.51. The molecule has 0 saturated heterocycles. The van der Waals surface area contributed by atoms with E-state index in [1.807, 2.05) is 42.6 Å². The molecule has 0 unspecified atom stereocenters. The molecule has 5 rings (SSSR count). The number of H-pyrrole nitrogens is 1. The van der Waals surface area contributed by atoms with Gasteiger partial charge in [-0.25, -0.2) is 4.98 Å². The molecule has 3 heterocycles. The maximum Gasteiger partial charge on any atom is 0.313 e. The summed E-state index contributed by atoms with van der Waals surface area (Å²) in [5, 5.41) is 11.8. The summed E-state index contributed by atoms with van der Waals surface area (Å²) >= 11 is 1.60. The zero-order valence-corrected chi connectivity index (χ0v) is 14.3. The Bertz CT molecular complexity index is 1220. The number of para-hydroxylation sites is 1. The minimum absolute atomic E-state index is 0.0567. The average Bonchev–Trinajstić information content (AvgIpc) is 3.40. The van der Waals surface area contributed by atoms with Crippen molar-refractivity contribution in [3.05, 3.63) is 60.1 Å². The van der Waals surface area contributed by atoms with E-state index in [1.165, 1.54) is 5.39 Å². The van der Waals surface area contributed by atoms with Crippen molar-refractivity contribution >= 4 is 28.3 Å².